The van der Waals surface area contributed by atoms with Crippen molar-refractivity contribution in [3.8, 4) is 28.7 Å². The van der Waals surface area contributed by atoms with Crippen molar-refractivity contribution in [2.24, 2.45) is 11.8 Å². The highest BCUT2D eigenvalue weighted by Gasteiger charge is 2.33. The number of carboxylic acids is 1. The number of benzene rings is 4. The second-order valence-corrected chi connectivity index (χ2v) is 18.0. The highest BCUT2D eigenvalue weighted by molar-refractivity contribution is 6.35. The highest BCUT2D eigenvalue weighted by Crippen LogP contribution is 2.45. The van der Waals surface area contributed by atoms with Crippen LogP contribution >= 0.6 is 23.2 Å². The van der Waals surface area contributed by atoms with Gasteiger partial charge in [0.25, 0.3) is 0 Å². The number of piperidine rings is 1. The van der Waals surface area contributed by atoms with Gasteiger partial charge in [-0.25, -0.2) is 0 Å². The summed E-state index contributed by atoms with van der Waals surface area (Å²) in [6.07, 6.45) is 5.16. The predicted octanol–water partition coefficient (Wildman–Crippen LogP) is 12.2. The molecule has 1 aliphatic carbocycles. The van der Waals surface area contributed by atoms with E-state index in [9.17, 15) is 33.1 Å². The van der Waals surface area contributed by atoms with E-state index in [-0.39, 0.29) is 30.0 Å². The van der Waals surface area contributed by atoms with Gasteiger partial charge in [-0.05, 0) is 116 Å². The first-order valence-electron chi connectivity index (χ1n) is 22.1. The Bertz CT molecular complexity index is 2650. The molecule has 4 aromatic carbocycles. The van der Waals surface area contributed by atoms with Crippen molar-refractivity contribution in [3.05, 3.63) is 145 Å². The van der Waals surface area contributed by atoms with Crippen LogP contribution in [-0.4, -0.2) is 46.4 Å². The molecule has 0 bridgehead atoms. The number of likely N-dealkylation sites (tertiary alicyclic amines) is 1. The summed E-state index contributed by atoms with van der Waals surface area (Å²) in [4.78, 5) is 29.4. The molecule has 0 amide bonds. The molecule has 1 saturated heterocycles. The van der Waals surface area contributed by atoms with Gasteiger partial charge >= 0.3 is 12.1 Å². The molecule has 1 aromatic heterocycles. The van der Waals surface area contributed by atoms with Gasteiger partial charge in [-0.2, -0.15) is 18.4 Å². The van der Waals surface area contributed by atoms with E-state index in [4.69, 9.17) is 32.7 Å². The minimum atomic E-state index is -4.56. The zero-order chi connectivity index (χ0) is 47.0. The number of carboxylic acid groups (broad SMARTS) is 1. The highest BCUT2D eigenvalue weighted by atomic mass is 35.5. The molecular formula is C52H51Cl2F3N4O5. The number of aromatic nitrogens is 1. The van der Waals surface area contributed by atoms with E-state index in [2.05, 4.69) is 21.3 Å². The van der Waals surface area contributed by atoms with E-state index in [0.29, 0.717) is 95.7 Å². The summed E-state index contributed by atoms with van der Waals surface area (Å²) in [5, 5.41) is 23.2. The second kappa shape index (κ2) is 21.7. The summed E-state index contributed by atoms with van der Waals surface area (Å²) in [5.41, 5.74) is 6.02. The number of nitriles is 1. The monoisotopic (exact) mass is 938 g/mol. The number of pyridine rings is 1. The number of carbonyl (C=O) groups excluding carboxylic acids is 1. The normalized spacial score (nSPS) is 16.8. The number of fused-ring (bicyclic) bond motifs is 1. The Morgan fingerprint density at radius 1 is 1.00 bits per heavy atom. The number of aliphatic carboxylic acids is 1. The molecule has 3 atom stereocenters. The van der Waals surface area contributed by atoms with Gasteiger partial charge in [0.1, 0.15) is 36.1 Å². The fourth-order valence-electron chi connectivity index (χ4n) is 8.70. The van der Waals surface area contributed by atoms with Gasteiger partial charge in [0.2, 0.25) is 0 Å². The number of carbonyl (C=O) groups is 2. The topological polar surface area (TPSA) is 125 Å². The van der Waals surface area contributed by atoms with Gasteiger partial charge < -0.3 is 24.7 Å². The second-order valence-electron chi connectivity index (χ2n) is 17.2. The SMILES string of the molecule is CC(=O)CC[C@H](C)CNCc1ccc(C(F)(F)F)c(/C=C/c2cccc(-c3cccc4c3CC[C@@H]4Oc3cc(OCc4cncc(C#N)c4)c(CN4CCC[C@H](C(=O)O)C4)cc3Cl)c2Cl)c1. The molecule has 0 unspecified atom stereocenters. The van der Waals surface area contributed by atoms with Gasteiger partial charge in [-0.1, -0.05) is 84.7 Å². The quantitative estimate of drug-likeness (QED) is 0.0826. The summed E-state index contributed by atoms with van der Waals surface area (Å²) >= 11 is 14.1. The number of Topliss-reactive ketones (excluding diaryl/α,β-unsaturated/α-hetero) is 1. The Labute approximate surface area is 393 Å². The maximum absolute atomic E-state index is 14.2. The van der Waals surface area contributed by atoms with Crippen molar-refractivity contribution >= 4 is 47.1 Å². The molecule has 2 N–H and O–H groups in total. The van der Waals surface area contributed by atoms with Crippen molar-refractivity contribution in [3.63, 3.8) is 0 Å². The molecule has 5 aromatic rings. The Morgan fingerprint density at radius 2 is 1.79 bits per heavy atom. The number of ketones is 1. The first-order chi connectivity index (χ1) is 31.7. The third-order valence-corrected chi connectivity index (χ3v) is 12.9. The Hall–Kier alpha value is -5.71. The molecule has 14 heteroatoms. The van der Waals surface area contributed by atoms with Crippen LogP contribution in [0.25, 0.3) is 23.3 Å². The average molecular weight is 940 g/mol. The van der Waals surface area contributed by atoms with E-state index >= 15 is 0 Å². The fraction of sp³-hybridized carbons (Fsp3) is 0.346. The number of alkyl halides is 3. The van der Waals surface area contributed by atoms with E-state index in [1.807, 2.05) is 37.3 Å². The third kappa shape index (κ3) is 12.2. The fourth-order valence-corrected chi connectivity index (χ4v) is 9.22. The molecule has 0 saturated carbocycles. The summed E-state index contributed by atoms with van der Waals surface area (Å²) in [5.74, 6) is 0.0114. The smallest absolute Gasteiger partial charge is 0.416 e. The molecule has 7 rings (SSSR count). The number of rotatable bonds is 18. The standard InChI is InChI=1S/C52H51Cl2F3N4O5/c1-32(11-12-33(2)62)25-59-26-34-13-17-45(52(55,56)57)38(21-34)15-14-37-6-3-10-44(50(37)54)41-8-4-9-43-42(41)16-18-47(43)66-49-23-48(65-31-36-20-35(24-58)27-60-28-36)40(22-46(49)53)30-61-19-5-7-39(29-61)51(63)64/h3-4,6,8-10,13-15,17,20-23,27-28,32,39,47,59H,5,7,11-12,16,18-19,25-26,29-31H2,1-2H3,(H,63,64)/b15-14+/t32-,39-,47-/m0/s1. The van der Waals surface area contributed by atoms with Crippen molar-refractivity contribution < 1.29 is 37.3 Å². The van der Waals surface area contributed by atoms with Gasteiger partial charge in [0.15, 0.2) is 0 Å². The maximum atomic E-state index is 14.2. The minimum absolute atomic E-state index is 0.0253. The summed E-state index contributed by atoms with van der Waals surface area (Å²) < 4.78 is 55.7. The summed E-state index contributed by atoms with van der Waals surface area (Å²) in [6.45, 7) is 6.27. The zero-order valence-electron chi connectivity index (χ0n) is 36.8. The lowest BCUT2D eigenvalue weighted by Gasteiger charge is -2.31. The molecule has 66 heavy (non-hydrogen) atoms. The first-order valence-corrected chi connectivity index (χ1v) is 22.8. The van der Waals surface area contributed by atoms with Crippen LogP contribution in [0.5, 0.6) is 11.5 Å². The van der Waals surface area contributed by atoms with Crippen LogP contribution in [0.1, 0.15) is 102 Å². The number of ether oxygens (including phenoxy) is 2. The van der Waals surface area contributed by atoms with Crippen LogP contribution < -0.4 is 14.8 Å². The largest absolute Gasteiger partial charge is 0.488 e. The van der Waals surface area contributed by atoms with Gasteiger partial charge in [0.05, 0.1) is 27.1 Å². The number of hydrogen-bond acceptors (Lipinski definition) is 8. The van der Waals surface area contributed by atoms with Crippen molar-refractivity contribution in [2.45, 2.75) is 84.3 Å². The lowest BCUT2D eigenvalue weighted by Crippen LogP contribution is -2.38. The first kappa shape index (κ1) is 48.2. The molecule has 1 aliphatic heterocycles. The molecule has 0 radical (unpaired) electrons. The van der Waals surface area contributed by atoms with Crippen molar-refractivity contribution in [1.29, 1.82) is 5.26 Å². The Balaban J connectivity index is 1.11. The lowest BCUT2D eigenvalue weighted by molar-refractivity contribution is -0.143. The molecule has 9 nitrogen and oxygen atoms in total. The van der Waals surface area contributed by atoms with Crippen LogP contribution in [0.3, 0.4) is 0 Å². The van der Waals surface area contributed by atoms with Crippen LogP contribution in [0, 0.1) is 23.2 Å². The Morgan fingerprint density at radius 3 is 2.56 bits per heavy atom. The summed E-state index contributed by atoms with van der Waals surface area (Å²) in [6, 6.07) is 22.9. The van der Waals surface area contributed by atoms with E-state index < -0.39 is 23.6 Å². The maximum Gasteiger partial charge on any atom is 0.416 e. The minimum Gasteiger partial charge on any atom is -0.488 e. The molecule has 0 spiro atoms. The van der Waals surface area contributed by atoms with Crippen LogP contribution in [0.2, 0.25) is 10.0 Å². The number of halogens is 5. The molecule has 1 fully saturated rings. The van der Waals surface area contributed by atoms with Crippen LogP contribution in [-0.2, 0) is 41.9 Å². The average Bonchev–Trinajstić information content (AvgIpc) is 3.71. The third-order valence-electron chi connectivity index (χ3n) is 12.2. The Kier molecular flexibility index (Phi) is 15.9. The molecule has 344 valence electrons. The van der Waals surface area contributed by atoms with Crippen LogP contribution in [0.4, 0.5) is 13.2 Å². The zero-order valence-corrected chi connectivity index (χ0v) is 38.3. The van der Waals surface area contributed by atoms with Gasteiger partial charge in [-0.3, -0.25) is 14.7 Å². The van der Waals surface area contributed by atoms with Crippen molar-refractivity contribution in [2.75, 3.05) is 19.6 Å². The van der Waals surface area contributed by atoms with E-state index in [1.165, 1.54) is 18.3 Å². The predicted molar refractivity (Wildman–Crippen MR) is 250 cm³/mol. The number of nitrogens with one attached hydrogen (secondary N) is 1. The summed E-state index contributed by atoms with van der Waals surface area (Å²) in [7, 11) is 0. The van der Waals surface area contributed by atoms with Crippen LogP contribution in [0.15, 0.2) is 85.2 Å². The molecular weight excluding hydrogens is 888 g/mol. The lowest BCUT2D eigenvalue weighted by atomic mass is 9.95. The van der Waals surface area contributed by atoms with Gasteiger partial charge in [-0.15, -0.1) is 0 Å². The molecule has 2 heterocycles. The number of hydrogen-bond donors (Lipinski definition) is 2. The number of nitrogens with zero attached hydrogens (tertiary/aromatic N) is 3. The van der Waals surface area contributed by atoms with Crippen molar-refractivity contribution in [1.82, 2.24) is 15.2 Å². The molecule has 2 aliphatic rings. The van der Waals surface area contributed by atoms with E-state index in [1.54, 1.807) is 49.5 Å². The van der Waals surface area contributed by atoms with E-state index in [0.717, 1.165) is 53.3 Å². The van der Waals surface area contributed by atoms with Gasteiger partial charge in [0, 0.05) is 61.2 Å².